The lowest BCUT2D eigenvalue weighted by atomic mass is 10.1. The summed E-state index contributed by atoms with van der Waals surface area (Å²) in [6, 6.07) is 7.50. The highest BCUT2D eigenvalue weighted by Crippen LogP contribution is 2.22. The molecule has 216 valence electrons. The third-order valence-corrected chi connectivity index (χ3v) is 4.47. The Morgan fingerprint density at radius 3 is 1.21 bits per heavy atom. The number of benzene rings is 2. The molecule has 0 N–H and O–H groups in total. The molecular formula is C27H36O12. The van der Waals surface area contributed by atoms with Gasteiger partial charge < -0.3 is 28.4 Å². The second-order valence-electron chi connectivity index (χ2n) is 6.50. The maximum atomic E-state index is 12.0. The summed E-state index contributed by atoms with van der Waals surface area (Å²) in [7, 11) is 0. The number of ether oxygens (including phenoxy) is 6. The molecule has 0 saturated heterocycles. The van der Waals surface area contributed by atoms with Crippen molar-refractivity contribution in [2.45, 2.75) is 44.6 Å². The van der Waals surface area contributed by atoms with Crippen molar-refractivity contribution in [1.29, 1.82) is 0 Å². The number of fused-ring (bicyclic) bond motifs is 2. The molecule has 2 heterocycles. The predicted molar refractivity (Wildman–Crippen MR) is 140 cm³/mol. The lowest BCUT2D eigenvalue weighted by molar-refractivity contribution is -0.146. The van der Waals surface area contributed by atoms with E-state index in [0.717, 1.165) is 0 Å². The number of carbonyl (C=O) groups excluding carboxylic acids is 6. The van der Waals surface area contributed by atoms with E-state index < -0.39 is 56.2 Å². The van der Waals surface area contributed by atoms with Gasteiger partial charge in [-0.3, -0.25) is 0 Å². The van der Waals surface area contributed by atoms with Crippen LogP contribution in [0, 0.1) is 0 Å². The van der Waals surface area contributed by atoms with Gasteiger partial charge in [0.05, 0.1) is 33.4 Å². The Hall–Kier alpha value is -4.42. The summed E-state index contributed by atoms with van der Waals surface area (Å²) in [5.74, 6) is -4.90. The third kappa shape index (κ3) is 8.28. The van der Waals surface area contributed by atoms with Gasteiger partial charge in [0.25, 0.3) is 0 Å². The molecule has 4 rings (SSSR count). The quantitative estimate of drug-likeness (QED) is 0.141. The minimum Gasteiger partial charge on any atom is -0.435 e. The summed E-state index contributed by atoms with van der Waals surface area (Å²) in [5.41, 5.74) is 0.0745. The van der Waals surface area contributed by atoms with Crippen molar-refractivity contribution in [3.05, 3.63) is 69.8 Å². The van der Waals surface area contributed by atoms with Gasteiger partial charge in [0.15, 0.2) is 20.4 Å². The third-order valence-electron chi connectivity index (χ3n) is 4.47. The Bertz CT molecular complexity index is 1120. The largest absolute Gasteiger partial charge is 0.435 e. The van der Waals surface area contributed by atoms with Gasteiger partial charge in [0.2, 0.25) is 0 Å². The second-order valence-corrected chi connectivity index (χ2v) is 6.50. The summed E-state index contributed by atoms with van der Waals surface area (Å²) < 4.78 is 28.4. The highest BCUT2D eigenvalue weighted by Gasteiger charge is 2.31. The number of cyclic esters (lactones) is 4. The van der Waals surface area contributed by atoms with E-state index in [9.17, 15) is 28.8 Å². The van der Waals surface area contributed by atoms with Crippen LogP contribution in [-0.4, -0.2) is 56.2 Å². The van der Waals surface area contributed by atoms with Gasteiger partial charge in [-0.05, 0) is 36.4 Å². The molecule has 0 atom stereocenters. The van der Waals surface area contributed by atoms with Crippen molar-refractivity contribution in [2.75, 3.05) is 20.4 Å². The van der Waals surface area contributed by atoms with E-state index in [0.29, 0.717) is 0 Å². The molecular weight excluding hydrogens is 516 g/mol. The molecule has 39 heavy (non-hydrogen) atoms. The summed E-state index contributed by atoms with van der Waals surface area (Å²) in [6.45, 7) is -1.40. The summed E-state index contributed by atoms with van der Waals surface area (Å²) in [4.78, 5) is 69.8. The van der Waals surface area contributed by atoms with Gasteiger partial charge in [0, 0.05) is 0 Å². The smallest absolute Gasteiger partial charge is 0.346 e. The molecule has 0 radical (unpaired) electrons. The Morgan fingerprint density at radius 1 is 0.513 bits per heavy atom. The van der Waals surface area contributed by atoms with Crippen LogP contribution in [0.3, 0.4) is 0 Å². The van der Waals surface area contributed by atoms with Gasteiger partial charge >= 0.3 is 35.8 Å². The minimum absolute atomic E-state index is 0. The molecule has 2 aliphatic rings. The van der Waals surface area contributed by atoms with E-state index in [4.69, 9.17) is 18.9 Å². The lowest BCUT2D eigenvalue weighted by Crippen LogP contribution is -2.14. The van der Waals surface area contributed by atoms with Crippen molar-refractivity contribution in [3.8, 4) is 0 Å². The van der Waals surface area contributed by atoms with Gasteiger partial charge in [-0.25, -0.2) is 28.8 Å². The maximum absolute atomic E-state index is 12.0. The molecule has 2 aromatic carbocycles. The molecule has 0 amide bonds. The van der Waals surface area contributed by atoms with Gasteiger partial charge in [-0.15, -0.1) is 0 Å². The summed E-state index contributed by atoms with van der Waals surface area (Å²) >= 11 is 0. The van der Waals surface area contributed by atoms with Crippen molar-refractivity contribution >= 4 is 35.8 Å². The number of hydrogen-bond donors (Lipinski definition) is 0. The molecule has 2 aliphatic heterocycles. The van der Waals surface area contributed by atoms with Crippen LogP contribution in [0.5, 0.6) is 0 Å². The zero-order chi connectivity index (χ0) is 23.5. The van der Waals surface area contributed by atoms with Crippen LogP contribution in [0.15, 0.2) is 36.4 Å². The van der Waals surface area contributed by atoms with E-state index in [1.54, 1.807) is 0 Å². The van der Waals surface area contributed by atoms with Crippen LogP contribution in [0.2, 0.25) is 0 Å². The van der Waals surface area contributed by atoms with Crippen LogP contribution >= 0.6 is 0 Å². The van der Waals surface area contributed by atoms with E-state index in [-0.39, 0.29) is 77.9 Å². The Morgan fingerprint density at radius 2 is 0.846 bits per heavy atom. The van der Waals surface area contributed by atoms with Crippen LogP contribution in [0.4, 0.5) is 0 Å². The first kappa shape index (κ1) is 39.1. The minimum atomic E-state index is -0.850. The number of rotatable bonds is 8. The Balaban J connectivity index is -0.00000216. The lowest BCUT2D eigenvalue weighted by Gasteiger charge is -2.08. The fourth-order valence-electron chi connectivity index (χ4n) is 2.91. The molecule has 0 aromatic heterocycles. The first-order valence-corrected chi connectivity index (χ1v) is 9.16. The van der Waals surface area contributed by atoms with Gasteiger partial charge in [0.1, 0.15) is 0 Å². The van der Waals surface area contributed by atoms with Crippen molar-refractivity contribution in [3.63, 3.8) is 0 Å². The van der Waals surface area contributed by atoms with Crippen molar-refractivity contribution < 1.29 is 57.2 Å². The van der Waals surface area contributed by atoms with Crippen LogP contribution < -0.4 is 0 Å². The second kappa shape index (κ2) is 16.4. The molecule has 12 nitrogen and oxygen atoms in total. The molecule has 0 saturated carbocycles. The summed E-state index contributed by atoms with van der Waals surface area (Å²) in [6.07, 6.45) is 0. The Labute approximate surface area is 228 Å². The topological polar surface area (TPSA) is 158 Å². The van der Waals surface area contributed by atoms with Crippen molar-refractivity contribution in [2.24, 2.45) is 0 Å². The first-order chi connectivity index (χ1) is 15.8. The normalized spacial score (nSPS) is 11.7. The first-order valence-electron chi connectivity index (χ1n) is 9.16. The average molecular weight is 553 g/mol. The predicted octanol–water partition coefficient (Wildman–Crippen LogP) is 5.04. The van der Waals surface area contributed by atoms with Gasteiger partial charge in [-0.2, -0.15) is 0 Å². The highest BCUT2D eigenvalue weighted by molar-refractivity contribution is 6.16. The van der Waals surface area contributed by atoms with E-state index in [2.05, 4.69) is 9.47 Å². The average Bonchev–Trinajstić information content (AvgIpc) is 3.26. The zero-order valence-electron chi connectivity index (χ0n) is 16.5. The molecule has 12 heteroatoms. The van der Waals surface area contributed by atoms with Crippen LogP contribution in [-0.2, 0) is 28.4 Å². The molecule has 0 aliphatic carbocycles. The van der Waals surface area contributed by atoms with Crippen molar-refractivity contribution in [1.82, 2.24) is 0 Å². The highest BCUT2D eigenvalue weighted by atomic mass is 16.8. The standard InChI is InChI=1S/C21H12O12.6CH4/c22-16(10-1-3-12-14(5-10)20(26)32-18(12)24)30-8-28-7-29-9-31-17(23)11-2-4-13-15(6-11)21(27)33-19(13)25;;;;;;/h1-6H,7-9H2;6*1H4. The number of carbonyl (C=O) groups is 6. The summed E-state index contributed by atoms with van der Waals surface area (Å²) in [5, 5.41) is 0. The molecule has 0 fully saturated rings. The van der Waals surface area contributed by atoms with E-state index in [1.165, 1.54) is 36.4 Å². The zero-order valence-corrected chi connectivity index (χ0v) is 16.5. The Kier molecular flexibility index (Phi) is 16.5. The molecule has 0 spiro atoms. The van der Waals surface area contributed by atoms with E-state index >= 15 is 0 Å². The monoisotopic (exact) mass is 552 g/mol. The SMILES string of the molecule is C.C.C.C.C.C.O=C(OCOCOCOC(=O)c1ccc2c(c1)C(=O)OC2=O)c1ccc2c(c1)C(=O)OC2=O. The van der Waals surface area contributed by atoms with E-state index in [1.807, 2.05) is 0 Å². The fourth-order valence-corrected chi connectivity index (χ4v) is 2.91. The van der Waals surface area contributed by atoms with Gasteiger partial charge in [-0.1, -0.05) is 44.6 Å². The molecule has 0 unspecified atom stereocenters. The van der Waals surface area contributed by atoms with Crippen LogP contribution in [0.1, 0.15) is 107 Å². The molecule has 2 aromatic rings. The molecule has 0 bridgehead atoms. The number of esters is 6. The number of hydrogen-bond acceptors (Lipinski definition) is 12. The fraction of sp³-hybridized carbons (Fsp3) is 0.333. The maximum Gasteiger partial charge on any atom is 0.346 e. The van der Waals surface area contributed by atoms with Crippen LogP contribution in [0.25, 0.3) is 0 Å².